The zero-order valence-corrected chi connectivity index (χ0v) is 9.70. The normalized spacial score (nSPS) is 9.90. The lowest BCUT2D eigenvalue weighted by atomic mass is 10.4. The summed E-state index contributed by atoms with van der Waals surface area (Å²) in [5, 5.41) is 0.783. The molecule has 0 radical (unpaired) electrons. The first kappa shape index (κ1) is 8.68. The van der Waals surface area contributed by atoms with Gasteiger partial charge in [-0.2, -0.15) is 0 Å². The van der Waals surface area contributed by atoms with E-state index in [-0.39, 0.29) is 0 Å². The molecule has 0 aliphatic carbocycles. The van der Waals surface area contributed by atoms with Gasteiger partial charge in [0.1, 0.15) is 4.60 Å². The van der Waals surface area contributed by atoms with Crippen LogP contribution in [0.2, 0.25) is 0 Å². The summed E-state index contributed by atoms with van der Waals surface area (Å²) in [4.78, 5) is 4.19. The van der Waals surface area contributed by atoms with Gasteiger partial charge < -0.3 is 0 Å². The van der Waals surface area contributed by atoms with Gasteiger partial charge in [-0.05, 0) is 28.1 Å². The number of alkyl halides is 1. The molecule has 1 rings (SSSR count). The molecular formula is C6H4Br3N. The Hall–Kier alpha value is 0.590. The van der Waals surface area contributed by atoms with Crippen LogP contribution >= 0.6 is 47.8 Å². The molecule has 0 unspecified atom stereocenters. The van der Waals surface area contributed by atoms with E-state index >= 15 is 0 Å². The zero-order valence-electron chi connectivity index (χ0n) is 4.94. The first-order valence-corrected chi connectivity index (χ1v) is 5.31. The Morgan fingerprint density at radius 2 is 2.00 bits per heavy atom. The molecule has 1 heterocycles. The van der Waals surface area contributed by atoms with Crippen LogP contribution < -0.4 is 0 Å². The molecule has 0 aromatic carbocycles. The van der Waals surface area contributed by atoms with Gasteiger partial charge in [0.15, 0.2) is 0 Å². The van der Waals surface area contributed by atoms with Crippen LogP contribution in [-0.2, 0) is 5.33 Å². The number of hydrogen-bond donors (Lipinski definition) is 0. The zero-order chi connectivity index (χ0) is 7.56. The summed E-state index contributed by atoms with van der Waals surface area (Å²) in [6.45, 7) is 0. The molecule has 0 bridgehead atoms. The maximum Gasteiger partial charge on any atom is 0.107 e. The lowest BCUT2D eigenvalue weighted by Crippen LogP contribution is -1.84. The van der Waals surface area contributed by atoms with E-state index in [0.717, 1.165) is 20.1 Å². The first-order chi connectivity index (χ1) is 4.72. The van der Waals surface area contributed by atoms with Crippen molar-refractivity contribution in [3.8, 4) is 0 Å². The summed E-state index contributed by atoms with van der Waals surface area (Å²) in [7, 11) is 0. The lowest BCUT2D eigenvalue weighted by molar-refractivity contribution is 1.14. The molecule has 0 aliphatic heterocycles. The van der Waals surface area contributed by atoms with Crippen LogP contribution in [0.5, 0.6) is 0 Å². The van der Waals surface area contributed by atoms with Gasteiger partial charge in [0.25, 0.3) is 0 Å². The predicted octanol–water partition coefficient (Wildman–Crippen LogP) is 3.50. The van der Waals surface area contributed by atoms with Crippen LogP contribution in [-0.4, -0.2) is 4.98 Å². The van der Waals surface area contributed by atoms with Crippen molar-refractivity contribution in [3.05, 3.63) is 26.9 Å². The molecule has 1 nitrogen and oxygen atoms in total. The quantitative estimate of drug-likeness (QED) is 0.567. The number of aromatic nitrogens is 1. The summed E-state index contributed by atoms with van der Waals surface area (Å²) in [6, 6.07) is 3.88. The van der Waals surface area contributed by atoms with E-state index in [0.29, 0.717) is 0 Å². The smallest absolute Gasteiger partial charge is 0.107 e. The lowest BCUT2D eigenvalue weighted by Gasteiger charge is -1.96. The fourth-order valence-electron chi connectivity index (χ4n) is 0.585. The van der Waals surface area contributed by atoms with Crippen molar-refractivity contribution in [1.29, 1.82) is 0 Å². The molecule has 0 saturated carbocycles. The number of nitrogens with zero attached hydrogens (tertiary/aromatic N) is 1. The molecule has 0 aliphatic rings. The standard InChI is InChI=1S/C6H4Br3N/c7-3-5-1-4(8)2-6(9)10-5/h1-2H,3H2. The molecule has 4 heteroatoms. The fourth-order valence-corrected chi connectivity index (χ4v) is 2.13. The van der Waals surface area contributed by atoms with Gasteiger partial charge in [-0.15, -0.1) is 0 Å². The van der Waals surface area contributed by atoms with E-state index in [2.05, 4.69) is 52.8 Å². The third-order valence-corrected chi connectivity index (χ3v) is 2.39. The number of hydrogen-bond acceptors (Lipinski definition) is 1. The summed E-state index contributed by atoms with van der Waals surface area (Å²) in [5.74, 6) is 0. The predicted molar refractivity (Wildman–Crippen MR) is 52.3 cm³/mol. The summed E-state index contributed by atoms with van der Waals surface area (Å²) in [6.07, 6.45) is 0. The van der Waals surface area contributed by atoms with Crippen LogP contribution in [0.15, 0.2) is 21.2 Å². The third kappa shape index (κ3) is 2.32. The van der Waals surface area contributed by atoms with Crippen LogP contribution in [0.4, 0.5) is 0 Å². The summed E-state index contributed by atoms with van der Waals surface area (Å²) >= 11 is 9.98. The van der Waals surface area contributed by atoms with Crippen molar-refractivity contribution < 1.29 is 0 Å². The third-order valence-electron chi connectivity index (χ3n) is 0.949. The summed E-state index contributed by atoms with van der Waals surface area (Å²) < 4.78 is 1.90. The van der Waals surface area contributed by atoms with Gasteiger partial charge >= 0.3 is 0 Å². The number of pyridine rings is 1. The van der Waals surface area contributed by atoms with Crippen molar-refractivity contribution in [2.24, 2.45) is 0 Å². The van der Waals surface area contributed by atoms with E-state index in [1.165, 1.54) is 0 Å². The Kier molecular flexibility index (Phi) is 3.33. The molecule has 54 valence electrons. The average Bonchev–Trinajstić information content (AvgIpc) is 1.85. The molecule has 0 amide bonds. The van der Waals surface area contributed by atoms with Gasteiger partial charge in [-0.25, -0.2) is 4.98 Å². The molecule has 1 aromatic rings. The Bertz CT molecular complexity index is 216. The number of rotatable bonds is 1. The number of halogens is 3. The first-order valence-electron chi connectivity index (χ1n) is 2.60. The Labute approximate surface area is 84.6 Å². The van der Waals surface area contributed by atoms with E-state index in [4.69, 9.17) is 0 Å². The molecule has 0 atom stereocenters. The maximum atomic E-state index is 4.19. The van der Waals surface area contributed by atoms with Gasteiger partial charge in [0.2, 0.25) is 0 Å². The Morgan fingerprint density at radius 3 is 2.50 bits per heavy atom. The SMILES string of the molecule is BrCc1cc(Br)cc(Br)n1. The van der Waals surface area contributed by atoms with Crippen LogP contribution in [0, 0.1) is 0 Å². The Balaban J connectivity index is 3.06. The van der Waals surface area contributed by atoms with Crippen LogP contribution in [0.3, 0.4) is 0 Å². The minimum absolute atomic E-state index is 0.783. The fraction of sp³-hybridized carbons (Fsp3) is 0.167. The second kappa shape index (κ2) is 3.83. The second-order valence-electron chi connectivity index (χ2n) is 1.73. The Morgan fingerprint density at radius 1 is 1.30 bits per heavy atom. The van der Waals surface area contributed by atoms with Gasteiger partial charge in [0.05, 0.1) is 5.69 Å². The molecular weight excluding hydrogens is 326 g/mol. The van der Waals surface area contributed by atoms with Crippen molar-refractivity contribution in [2.45, 2.75) is 5.33 Å². The highest BCUT2D eigenvalue weighted by molar-refractivity contribution is 9.11. The van der Waals surface area contributed by atoms with E-state index in [1.807, 2.05) is 12.1 Å². The molecule has 0 spiro atoms. The molecule has 0 N–H and O–H groups in total. The molecule has 0 saturated heterocycles. The van der Waals surface area contributed by atoms with E-state index in [9.17, 15) is 0 Å². The van der Waals surface area contributed by atoms with Gasteiger partial charge in [0, 0.05) is 9.80 Å². The highest BCUT2D eigenvalue weighted by Crippen LogP contribution is 2.17. The second-order valence-corrected chi connectivity index (χ2v) is 4.02. The van der Waals surface area contributed by atoms with E-state index in [1.54, 1.807) is 0 Å². The minimum atomic E-state index is 0.783. The van der Waals surface area contributed by atoms with Crippen molar-refractivity contribution in [1.82, 2.24) is 4.98 Å². The molecule has 10 heavy (non-hydrogen) atoms. The van der Waals surface area contributed by atoms with Crippen molar-refractivity contribution in [3.63, 3.8) is 0 Å². The highest BCUT2D eigenvalue weighted by Gasteiger charge is 1.95. The van der Waals surface area contributed by atoms with Crippen LogP contribution in [0.25, 0.3) is 0 Å². The molecule has 1 aromatic heterocycles. The largest absolute Gasteiger partial charge is 0.245 e. The highest BCUT2D eigenvalue weighted by atomic mass is 79.9. The van der Waals surface area contributed by atoms with E-state index < -0.39 is 0 Å². The minimum Gasteiger partial charge on any atom is -0.245 e. The maximum absolute atomic E-state index is 4.19. The van der Waals surface area contributed by atoms with Crippen LogP contribution in [0.1, 0.15) is 5.69 Å². The van der Waals surface area contributed by atoms with Gasteiger partial charge in [-0.3, -0.25) is 0 Å². The summed E-state index contributed by atoms with van der Waals surface area (Å²) in [5.41, 5.74) is 1.02. The molecule has 0 fully saturated rings. The van der Waals surface area contributed by atoms with Crippen molar-refractivity contribution in [2.75, 3.05) is 0 Å². The monoisotopic (exact) mass is 327 g/mol. The van der Waals surface area contributed by atoms with Crippen molar-refractivity contribution >= 4 is 47.8 Å². The van der Waals surface area contributed by atoms with Gasteiger partial charge in [-0.1, -0.05) is 31.9 Å². The topological polar surface area (TPSA) is 12.9 Å². The average molecular weight is 330 g/mol.